The number of carbonyl (C=O) groups excluding carboxylic acids is 3. The zero-order valence-corrected chi connectivity index (χ0v) is 25.9. The van der Waals surface area contributed by atoms with E-state index in [0.717, 1.165) is 18.4 Å². The van der Waals surface area contributed by atoms with Crippen LogP contribution in [0.15, 0.2) is 73.1 Å². The molecule has 6 rings (SSSR count). The maximum absolute atomic E-state index is 13.8. The van der Waals surface area contributed by atoms with E-state index in [0.29, 0.717) is 46.9 Å². The summed E-state index contributed by atoms with van der Waals surface area (Å²) in [6, 6.07) is 17.4. The standard InChI is InChI=1S/C33H34N8O5/c1-33(2,3)46-31(43)38-22-6-5-7-24(16-22)41-28-20(19-40(32(41)44)23-10-11-23)18-36-30(39-28)37-21-8-12-25(13-9-21)45-26-14-15-35-27(17-26)29(42)34-4/h5-9,12-18,23H,10-11,19H2,1-4H3,(H,34,42)(H,38,43)(H,36,37,39). The van der Waals surface area contributed by atoms with E-state index < -0.39 is 11.7 Å². The molecule has 3 N–H and O–H groups in total. The average molecular weight is 623 g/mol. The molecule has 1 fully saturated rings. The predicted octanol–water partition coefficient (Wildman–Crippen LogP) is 6.35. The molecule has 4 aromatic rings. The van der Waals surface area contributed by atoms with Crippen LogP contribution in [0.25, 0.3) is 0 Å². The van der Waals surface area contributed by atoms with Gasteiger partial charge >= 0.3 is 12.1 Å². The van der Waals surface area contributed by atoms with Crippen molar-refractivity contribution in [3.63, 3.8) is 0 Å². The van der Waals surface area contributed by atoms with Gasteiger partial charge in [0.15, 0.2) is 5.82 Å². The Bertz CT molecular complexity index is 1790. The predicted molar refractivity (Wildman–Crippen MR) is 172 cm³/mol. The SMILES string of the molecule is CNC(=O)c1cc(Oc2ccc(Nc3ncc4c(n3)N(c3cccc(NC(=O)OC(C)(C)C)c3)C(=O)N(C3CC3)C4)cc2)ccn1. The van der Waals surface area contributed by atoms with E-state index in [-0.39, 0.29) is 23.7 Å². The number of urea groups is 1. The van der Waals surface area contributed by atoms with Gasteiger partial charge in [0.25, 0.3) is 5.91 Å². The van der Waals surface area contributed by atoms with Gasteiger partial charge in [0.05, 0.1) is 12.2 Å². The fraction of sp³-hybridized carbons (Fsp3) is 0.273. The lowest BCUT2D eigenvalue weighted by Crippen LogP contribution is -2.46. The van der Waals surface area contributed by atoms with Gasteiger partial charge in [-0.3, -0.25) is 15.1 Å². The summed E-state index contributed by atoms with van der Waals surface area (Å²) in [4.78, 5) is 54.9. The highest BCUT2D eigenvalue weighted by molar-refractivity contribution is 6.02. The molecule has 0 bridgehead atoms. The molecule has 13 heteroatoms. The molecule has 0 spiro atoms. The lowest BCUT2D eigenvalue weighted by Gasteiger charge is -2.36. The van der Waals surface area contributed by atoms with Crippen LogP contribution in [0.1, 0.15) is 49.7 Å². The molecule has 1 saturated carbocycles. The summed E-state index contributed by atoms with van der Waals surface area (Å²) in [5, 5.41) is 8.49. The number of aromatic nitrogens is 3. The van der Waals surface area contributed by atoms with Crippen molar-refractivity contribution in [3.8, 4) is 11.5 Å². The van der Waals surface area contributed by atoms with Crippen molar-refractivity contribution in [3.05, 3.63) is 84.3 Å². The maximum Gasteiger partial charge on any atom is 0.412 e. The molecule has 3 heterocycles. The monoisotopic (exact) mass is 622 g/mol. The van der Waals surface area contributed by atoms with Crippen molar-refractivity contribution in [1.29, 1.82) is 0 Å². The van der Waals surface area contributed by atoms with Crippen LogP contribution in [0.4, 0.5) is 38.4 Å². The second-order valence-corrected chi connectivity index (χ2v) is 11.9. The first-order valence-electron chi connectivity index (χ1n) is 14.9. The smallest absolute Gasteiger partial charge is 0.412 e. The molecule has 0 unspecified atom stereocenters. The van der Waals surface area contributed by atoms with E-state index >= 15 is 0 Å². The Labute approximate surface area is 266 Å². The van der Waals surface area contributed by atoms with Gasteiger partial charge < -0.3 is 25.0 Å². The first-order valence-corrected chi connectivity index (χ1v) is 14.9. The minimum Gasteiger partial charge on any atom is -0.457 e. The normalized spacial score (nSPS) is 14.3. The largest absolute Gasteiger partial charge is 0.457 e. The van der Waals surface area contributed by atoms with Gasteiger partial charge in [-0.2, -0.15) is 4.98 Å². The third-order valence-corrected chi connectivity index (χ3v) is 7.11. The highest BCUT2D eigenvalue weighted by Crippen LogP contribution is 2.40. The Hall–Kier alpha value is -5.72. The van der Waals surface area contributed by atoms with E-state index in [2.05, 4.69) is 25.9 Å². The number of hydrogen-bond acceptors (Lipinski definition) is 9. The van der Waals surface area contributed by atoms with Crippen LogP contribution in [0, 0.1) is 0 Å². The van der Waals surface area contributed by atoms with Crippen LogP contribution >= 0.6 is 0 Å². The van der Waals surface area contributed by atoms with Crippen molar-refractivity contribution in [1.82, 2.24) is 25.2 Å². The van der Waals surface area contributed by atoms with Crippen LogP contribution in [-0.4, -0.2) is 56.6 Å². The molecule has 1 aliphatic carbocycles. The topological polar surface area (TPSA) is 151 Å². The molecule has 0 radical (unpaired) electrons. The lowest BCUT2D eigenvalue weighted by molar-refractivity contribution is 0.0635. The minimum atomic E-state index is -0.653. The fourth-order valence-corrected chi connectivity index (χ4v) is 4.88. The van der Waals surface area contributed by atoms with E-state index in [1.54, 1.807) is 80.4 Å². The molecule has 0 saturated heterocycles. The van der Waals surface area contributed by atoms with Crippen molar-refractivity contribution in [2.24, 2.45) is 0 Å². The first kappa shape index (κ1) is 30.3. The Kier molecular flexibility index (Phi) is 8.14. The number of fused-ring (bicyclic) bond motifs is 1. The second-order valence-electron chi connectivity index (χ2n) is 11.9. The molecule has 2 aliphatic rings. The van der Waals surface area contributed by atoms with Crippen molar-refractivity contribution < 1.29 is 23.9 Å². The van der Waals surface area contributed by atoms with E-state index in [1.165, 1.54) is 13.2 Å². The molecule has 4 amide bonds. The Morgan fingerprint density at radius 2 is 1.74 bits per heavy atom. The van der Waals surface area contributed by atoms with Crippen LogP contribution < -0.4 is 25.6 Å². The molecular formula is C33H34N8O5. The summed E-state index contributed by atoms with van der Waals surface area (Å²) in [6.45, 7) is 5.79. The fourth-order valence-electron chi connectivity index (χ4n) is 4.88. The zero-order chi connectivity index (χ0) is 32.4. The highest BCUT2D eigenvalue weighted by atomic mass is 16.6. The Morgan fingerprint density at radius 3 is 2.46 bits per heavy atom. The second kappa shape index (κ2) is 12.3. The van der Waals surface area contributed by atoms with Crippen LogP contribution in [0.3, 0.4) is 0 Å². The molecule has 46 heavy (non-hydrogen) atoms. The van der Waals surface area contributed by atoms with Crippen LogP contribution in [0.2, 0.25) is 0 Å². The molecule has 0 atom stereocenters. The third kappa shape index (κ3) is 6.98. The first-order chi connectivity index (χ1) is 22.1. The number of amides is 4. The molecule has 1 aliphatic heterocycles. The number of hydrogen-bond donors (Lipinski definition) is 3. The van der Waals surface area contributed by atoms with Crippen LogP contribution in [-0.2, 0) is 11.3 Å². The highest BCUT2D eigenvalue weighted by Gasteiger charge is 2.41. The molecule has 13 nitrogen and oxygen atoms in total. The van der Waals surface area contributed by atoms with Gasteiger partial charge in [0.1, 0.15) is 22.8 Å². The molecule has 236 valence electrons. The summed E-state index contributed by atoms with van der Waals surface area (Å²) in [7, 11) is 1.54. The number of pyridine rings is 1. The van der Waals surface area contributed by atoms with E-state index in [9.17, 15) is 14.4 Å². The van der Waals surface area contributed by atoms with Gasteiger partial charge in [-0.1, -0.05) is 6.07 Å². The number of anilines is 5. The van der Waals surface area contributed by atoms with Gasteiger partial charge in [-0.25, -0.2) is 19.5 Å². The number of nitrogens with zero attached hydrogens (tertiary/aromatic N) is 5. The summed E-state index contributed by atoms with van der Waals surface area (Å²) < 4.78 is 11.3. The number of nitrogens with one attached hydrogen (secondary N) is 3. The van der Waals surface area contributed by atoms with Gasteiger partial charge in [-0.15, -0.1) is 0 Å². The van der Waals surface area contributed by atoms with Crippen molar-refractivity contribution in [2.45, 2.75) is 51.8 Å². The maximum atomic E-state index is 13.8. The summed E-state index contributed by atoms with van der Waals surface area (Å²) in [5.74, 6) is 1.49. The van der Waals surface area contributed by atoms with E-state index in [1.807, 2.05) is 17.0 Å². The van der Waals surface area contributed by atoms with E-state index in [4.69, 9.17) is 14.5 Å². The Balaban J connectivity index is 1.22. The molecule has 2 aromatic heterocycles. The minimum absolute atomic E-state index is 0.173. The number of carbonyl (C=O) groups is 3. The van der Waals surface area contributed by atoms with Gasteiger partial charge in [-0.05, 0) is 82.1 Å². The lowest BCUT2D eigenvalue weighted by atomic mass is 10.1. The molecular weight excluding hydrogens is 588 g/mol. The molecule has 2 aromatic carbocycles. The quantitative estimate of drug-likeness (QED) is 0.204. The number of benzene rings is 2. The van der Waals surface area contributed by atoms with Crippen molar-refractivity contribution >= 4 is 46.9 Å². The zero-order valence-electron chi connectivity index (χ0n) is 25.9. The average Bonchev–Trinajstić information content (AvgIpc) is 3.86. The van der Waals surface area contributed by atoms with Gasteiger partial charge in [0, 0.05) is 48.5 Å². The summed E-state index contributed by atoms with van der Waals surface area (Å²) >= 11 is 0. The summed E-state index contributed by atoms with van der Waals surface area (Å²) in [6.07, 6.45) is 4.55. The number of ether oxygens (including phenoxy) is 2. The third-order valence-electron chi connectivity index (χ3n) is 7.11. The summed E-state index contributed by atoms with van der Waals surface area (Å²) in [5.41, 5.74) is 2.13. The van der Waals surface area contributed by atoms with Crippen LogP contribution in [0.5, 0.6) is 11.5 Å². The van der Waals surface area contributed by atoms with Gasteiger partial charge in [0.2, 0.25) is 5.95 Å². The Morgan fingerprint density at radius 1 is 0.957 bits per heavy atom. The van der Waals surface area contributed by atoms with Crippen molar-refractivity contribution in [2.75, 3.05) is 22.6 Å². The number of rotatable bonds is 8.